The highest BCUT2D eigenvalue weighted by Gasteiger charge is 2.03. The number of nitrogens with one attached hydrogen (secondary N) is 1. The molecular formula is C13H10Cl2N4OS. The van der Waals surface area contributed by atoms with Gasteiger partial charge in [-0.3, -0.25) is 4.79 Å². The molecule has 2 aromatic rings. The van der Waals surface area contributed by atoms with Crippen LogP contribution in [-0.4, -0.2) is 27.8 Å². The van der Waals surface area contributed by atoms with Gasteiger partial charge in [-0.2, -0.15) is 5.10 Å². The molecule has 0 atom stereocenters. The van der Waals surface area contributed by atoms with Crippen molar-refractivity contribution in [3.05, 3.63) is 52.3 Å². The number of hydrazone groups is 1. The maximum absolute atomic E-state index is 11.6. The Balaban J connectivity index is 1.82. The lowest BCUT2D eigenvalue weighted by Gasteiger charge is -2.00. The molecule has 0 aliphatic rings. The number of aromatic nitrogens is 2. The Kier molecular flexibility index (Phi) is 5.98. The molecule has 1 amide bonds. The molecule has 1 aromatic carbocycles. The number of nitrogens with zero attached hydrogens (tertiary/aromatic N) is 3. The van der Waals surface area contributed by atoms with Gasteiger partial charge in [-0.25, -0.2) is 15.4 Å². The zero-order chi connectivity index (χ0) is 15.1. The molecule has 5 nitrogen and oxygen atoms in total. The summed E-state index contributed by atoms with van der Waals surface area (Å²) in [6.45, 7) is 0. The van der Waals surface area contributed by atoms with Crippen LogP contribution in [0.25, 0.3) is 0 Å². The number of hydrogen-bond donors (Lipinski definition) is 1. The van der Waals surface area contributed by atoms with Gasteiger partial charge in [0.25, 0.3) is 5.91 Å². The lowest BCUT2D eigenvalue weighted by molar-refractivity contribution is -0.118. The lowest BCUT2D eigenvalue weighted by Crippen LogP contribution is -2.19. The fourth-order valence-electron chi connectivity index (χ4n) is 1.30. The second-order valence-electron chi connectivity index (χ2n) is 3.78. The van der Waals surface area contributed by atoms with Crippen molar-refractivity contribution < 1.29 is 4.79 Å². The van der Waals surface area contributed by atoms with Crippen LogP contribution >= 0.6 is 35.0 Å². The van der Waals surface area contributed by atoms with Crippen molar-refractivity contribution in [2.75, 3.05) is 5.75 Å². The summed E-state index contributed by atoms with van der Waals surface area (Å²) < 4.78 is 0. The molecule has 8 heteroatoms. The van der Waals surface area contributed by atoms with Gasteiger partial charge in [0.05, 0.1) is 17.0 Å². The van der Waals surface area contributed by atoms with Crippen molar-refractivity contribution in [2.45, 2.75) is 5.16 Å². The van der Waals surface area contributed by atoms with Gasteiger partial charge >= 0.3 is 0 Å². The first-order valence-corrected chi connectivity index (χ1v) is 7.56. The summed E-state index contributed by atoms with van der Waals surface area (Å²) in [4.78, 5) is 19.6. The van der Waals surface area contributed by atoms with Gasteiger partial charge in [0.1, 0.15) is 0 Å². The van der Waals surface area contributed by atoms with Crippen LogP contribution in [0.4, 0.5) is 0 Å². The van der Waals surface area contributed by atoms with Gasteiger partial charge < -0.3 is 0 Å². The quantitative estimate of drug-likeness (QED) is 0.393. The van der Waals surface area contributed by atoms with Crippen LogP contribution in [0.15, 0.2) is 46.9 Å². The average Bonchev–Trinajstić information content (AvgIpc) is 2.48. The van der Waals surface area contributed by atoms with Gasteiger partial charge in [-0.05, 0) is 18.2 Å². The third-order valence-electron chi connectivity index (χ3n) is 2.23. The number of thioether (sulfide) groups is 1. The van der Waals surface area contributed by atoms with Crippen LogP contribution in [0.5, 0.6) is 0 Å². The molecule has 0 bridgehead atoms. The van der Waals surface area contributed by atoms with E-state index in [4.69, 9.17) is 23.2 Å². The summed E-state index contributed by atoms with van der Waals surface area (Å²) in [5.41, 5.74) is 3.07. The number of carbonyl (C=O) groups is 1. The van der Waals surface area contributed by atoms with Crippen molar-refractivity contribution in [3.63, 3.8) is 0 Å². The van der Waals surface area contributed by atoms with E-state index in [1.54, 1.807) is 36.7 Å². The normalized spacial score (nSPS) is 10.8. The van der Waals surface area contributed by atoms with Gasteiger partial charge in [0.2, 0.25) is 0 Å². The summed E-state index contributed by atoms with van der Waals surface area (Å²) in [5, 5.41) is 5.38. The van der Waals surface area contributed by atoms with Gasteiger partial charge in [0, 0.05) is 23.0 Å². The molecular weight excluding hydrogens is 331 g/mol. The lowest BCUT2D eigenvalue weighted by atomic mass is 10.2. The Bertz CT molecular complexity index is 652. The monoisotopic (exact) mass is 340 g/mol. The predicted octanol–water partition coefficient (Wildman–Crippen LogP) is 3.03. The number of rotatable bonds is 5. The van der Waals surface area contributed by atoms with Crippen LogP contribution in [-0.2, 0) is 4.79 Å². The van der Waals surface area contributed by atoms with Crippen molar-refractivity contribution in [1.29, 1.82) is 0 Å². The van der Waals surface area contributed by atoms with Crippen LogP contribution in [0.2, 0.25) is 10.0 Å². The molecule has 0 radical (unpaired) electrons. The molecule has 2 rings (SSSR count). The third-order valence-corrected chi connectivity index (χ3v) is 3.67. The van der Waals surface area contributed by atoms with Crippen molar-refractivity contribution in [1.82, 2.24) is 15.4 Å². The first-order valence-electron chi connectivity index (χ1n) is 5.82. The fourth-order valence-corrected chi connectivity index (χ4v) is 2.36. The number of hydrogen-bond acceptors (Lipinski definition) is 5. The highest BCUT2D eigenvalue weighted by molar-refractivity contribution is 7.99. The summed E-state index contributed by atoms with van der Waals surface area (Å²) in [6, 6.07) is 6.73. The molecule has 0 aliphatic heterocycles. The maximum atomic E-state index is 11.6. The maximum Gasteiger partial charge on any atom is 0.250 e. The molecule has 0 saturated carbocycles. The predicted molar refractivity (Wildman–Crippen MR) is 85.0 cm³/mol. The Labute approximate surface area is 135 Å². The number of amides is 1. The van der Waals surface area contributed by atoms with E-state index in [0.29, 0.717) is 20.8 Å². The van der Waals surface area contributed by atoms with Crippen LogP contribution in [0, 0.1) is 0 Å². The van der Waals surface area contributed by atoms with E-state index in [-0.39, 0.29) is 11.7 Å². The molecule has 0 unspecified atom stereocenters. The fraction of sp³-hybridized carbons (Fsp3) is 0.0769. The van der Waals surface area contributed by atoms with Crippen molar-refractivity contribution in [3.8, 4) is 0 Å². The summed E-state index contributed by atoms with van der Waals surface area (Å²) in [6.07, 6.45) is 4.70. The second-order valence-corrected chi connectivity index (χ2v) is 5.57. The Hall–Kier alpha value is -1.63. The highest BCUT2D eigenvalue weighted by atomic mass is 35.5. The largest absolute Gasteiger partial charge is 0.272 e. The molecule has 0 fully saturated rings. The standard InChI is InChI=1S/C13H10Cl2N4OS/c14-10-3-2-9(11(15)6-10)7-18-19-12(20)8-21-13-16-4-1-5-17-13/h1-7H,8H2,(H,19,20)/b18-7-. The first-order chi connectivity index (χ1) is 10.1. The van der Waals surface area contributed by atoms with Crippen LogP contribution in [0.1, 0.15) is 5.56 Å². The number of carbonyl (C=O) groups excluding carboxylic acids is 1. The van der Waals surface area contributed by atoms with Gasteiger partial charge in [0.15, 0.2) is 5.16 Å². The van der Waals surface area contributed by atoms with E-state index in [0.717, 1.165) is 0 Å². The minimum absolute atomic E-state index is 0.176. The van der Waals surface area contributed by atoms with E-state index in [1.165, 1.54) is 18.0 Å². The minimum Gasteiger partial charge on any atom is -0.272 e. The van der Waals surface area contributed by atoms with Gasteiger partial charge in [-0.15, -0.1) is 0 Å². The zero-order valence-electron chi connectivity index (χ0n) is 10.7. The van der Waals surface area contributed by atoms with Crippen LogP contribution in [0.3, 0.4) is 0 Å². The second kappa shape index (κ2) is 7.97. The number of halogens is 2. The molecule has 1 N–H and O–H groups in total. The topological polar surface area (TPSA) is 67.2 Å². The van der Waals surface area contributed by atoms with Gasteiger partial charge in [-0.1, -0.05) is 41.0 Å². The third kappa shape index (κ3) is 5.34. The average molecular weight is 341 g/mol. The zero-order valence-corrected chi connectivity index (χ0v) is 13.0. The Morgan fingerprint density at radius 2 is 2.10 bits per heavy atom. The Morgan fingerprint density at radius 3 is 2.81 bits per heavy atom. The molecule has 0 saturated heterocycles. The molecule has 108 valence electrons. The van der Waals surface area contributed by atoms with Crippen molar-refractivity contribution >= 4 is 47.1 Å². The Morgan fingerprint density at radius 1 is 1.33 bits per heavy atom. The highest BCUT2D eigenvalue weighted by Crippen LogP contribution is 2.19. The minimum atomic E-state index is -0.256. The van der Waals surface area contributed by atoms with E-state index >= 15 is 0 Å². The SMILES string of the molecule is O=C(CSc1ncccn1)N/N=C\c1ccc(Cl)cc1Cl. The van der Waals surface area contributed by atoms with E-state index in [2.05, 4.69) is 20.5 Å². The molecule has 1 aromatic heterocycles. The smallest absolute Gasteiger partial charge is 0.250 e. The molecule has 1 heterocycles. The summed E-state index contributed by atoms with van der Waals surface area (Å²) in [7, 11) is 0. The van der Waals surface area contributed by atoms with Crippen molar-refractivity contribution in [2.24, 2.45) is 5.10 Å². The summed E-state index contributed by atoms with van der Waals surface area (Å²) >= 11 is 13.0. The first kappa shape index (κ1) is 15.8. The number of benzene rings is 1. The molecule has 0 aliphatic carbocycles. The van der Waals surface area contributed by atoms with E-state index in [9.17, 15) is 4.79 Å². The molecule has 21 heavy (non-hydrogen) atoms. The van der Waals surface area contributed by atoms with E-state index < -0.39 is 0 Å². The van der Waals surface area contributed by atoms with E-state index in [1.807, 2.05) is 0 Å². The summed E-state index contributed by atoms with van der Waals surface area (Å²) in [5.74, 6) is -0.0795. The molecule has 0 spiro atoms. The van der Waals surface area contributed by atoms with Crippen LogP contribution < -0.4 is 5.43 Å².